The minimum Gasteiger partial charge on any atom is -0.478 e. The lowest BCUT2D eigenvalue weighted by Gasteiger charge is -2.14. The highest BCUT2D eigenvalue weighted by molar-refractivity contribution is 5.92. The average molecular weight is 231 g/mol. The Morgan fingerprint density at radius 1 is 1.41 bits per heavy atom. The molecule has 17 heavy (non-hydrogen) atoms. The summed E-state index contributed by atoms with van der Waals surface area (Å²) < 4.78 is 0. The van der Waals surface area contributed by atoms with E-state index in [1.54, 1.807) is 31.3 Å². The van der Waals surface area contributed by atoms with E-state index in [4.69, 9.17) is 11.5 Å². The Kier molecular flexibility index (Phi) is 4.29. The van der Waals surface area contributed by atoms with Crippen LogP contribution in [0.5, 0.6) is 0 Å². The molecular weight excluding hydrogens is 218 g/mol. The molecule has 0 unspecified atom stereocenters. The van der Waals surface area contributed by atoms with Crippen LogP contribution in [-0.4, -0.2) is 35.5 Å². The fourth-order valence-electron chi connectivity index (χ4n) is 1.45. The second-order valence-electron chi connectivity index (χ2n) is 3.58. The van der Waals surface area contributed by atoms with Gasteiger partial charge in [-0.05, 0) is 24.0 Å². The summed E-state index contributed by atoms with van der Waals surface area (Å²) in [6, 6.07) is 6.71. The predicted molar refractivity (Wildman–Crippen MR) is 63.6 cm³/mol. The summed E-state index contributed by atoms with van der Waals surface area (Å²) in [6.07, 6.45) is 5.45. The van der Waals surface area contributed by atoms with Gasteiger partial charge in [0.25, 0.3) is 5.91 Å². The lowest BCUT2D eigenvalue weighted by atomic mass is 10.0. The van der Waals surface area contributed by atoms with Crippen molar-refractivity contribution in [1.82, 2.24) is 4.90 Å². The van der Waals surface area contributed by atoms with Gasteiger partial charge in [0.05, 0.1) is 5.56 Å². The van der Waals surface area contributed by atoms with E-state index >= 15 is 0 Å². The average Bonchev–Trinajstić information content (AvgIpc) is 2.35. The zero-order valence-electron chi connectivity index (χ0n) is 9.51. The summed E-state index contributed by atoms with van der Waals surface area (Å²) >= 11 is 0. The van der Waals surface area contributed by atoms with Crippen molar-refractivity contribution in [1.29, 1.82) is 0 Å². The van der Waals surface area contributed by atoms with E-state index in [9.17, 15) is 9.59 Å². The summed E-state index contributed by atoms with van der Waals surface area (Å²) in [5.41, 5.74) is 0.950. The predicted octanol–water partition coefficient (Wildman–Crippen LogP) is 1.02. The van der Waals surface area contributed by atoms with Gasteiger partial charge in [-0.25, -0.2) is 4.79 Å². The third kappa shape index (κ3) is 3.35. The minimum atomic E-state index is -0.966. The van der Waals surface area contributed by atoms with E-state index in [1.807, 2.05) is 5.92 Å². The summed E-state index contributed by atoms with van der Waals surface area (Å²) in [4.78, 5) is 23.5. The molecule has 0 aliphatic heterocycles. The molecule has 0 aliphatic carbocycles. The van der Waals surface area contributed by atoms with Crippen molar-refractivity contribution < 1.29 is 14.7 Å². The summed E-state index contributed by atoms with van der Waals surface area (Å²) in [6.45, 7) is 0.396. The Morgan fingerprint density at radius 2 is 2.06 bits per heavy atom. The molecule has 1 aromatic rings. The number of likely N-dealkylation sites (N-methyl/N-ethyl adjacent to an activating group) is 1. The molecule has 0 aromatic heterocycles. The van der Waals surface area contributed by atoms with Crippen LogP contribution in [0.25, 0.3) is 0 Å². The van der Waals surface area contributed by atoms with Crippen LogP contribution in [0.15, 0.2) is 24.3 Å². The van der Waals surface area contributed by atoms with Crippen molar-refractivity contribution in [2.24, 2.45) is 0 Å². The van der Waals surface area contributed by atoms with E-state index in [0.29, 0.717) is 18.5 Å². The van der Waals surface area contributed by atoms with Crippen LogP contribution in [0.2, 0.25) is 0 Å². The Bertz CT molecular complexity index is 474. The van der Waals surface area contributed by atoms with Crippen LogP contribution in [-0.2, 0) is 11.2 Å². The summed E-state index contributed by atoms with van der Waals surface area (Å²) in [5, 5.41) is 8.97. The maximum atomic E-state index is 11.1. The van der Waals surface area contributed by atoms with Gasteiger partial charge in [0.2, 0.25) is 0 Å². The molecule has 1 N–H and O–H groups in total. The Morgan fingerprint density at radius 3 is 2.65 bits per heavy atom. The standard InChI is InChI=1S/C13H13NO3/c1-3-12(15)14(2)9-8-10-6-4-5-7-11(10)13(16)17/h1,4-7H,8-9H2,2H3,(H,16,17). The van der Waals surface area contributed by atoms with Crippen LogP contribution >= 0.6 is 0 Å². The van der Waals surface area contributed by atoms with Crippen molar-refractivity contribution in [2.75, 3.05) is 13.6 Å². The van der Waals surface area contributed by atoms with Crippen LogP contribution in [0.3, 0.4) is 0 Å². The van der Waals surface area contributed by atoms with Gasteiger partial charge in [-0.1, -0.05) is 18.2 Å². The van der Waals surface area contributed by atoms with Gasteiger partial charge in [-0.3, -0.25) is 4.79 Å². The largest absolute Gasteiger partial charge is 0.478 e. The highest BCUT2D eigenvalue weighted by Gasteiger charge is 2.10. The molecule has 0 heterocycles. The molecule has 88 valence electrons. The number of rotatable bonds is 4. The molecule has 0 aliphatic rings. The van der Waals surface area contributed by atoms with Crippen molar-refractivity contribution in [3.8, 4) is 12.3 Å². The molecule has 1 amide bonds. The van der Waals surface area contributed by atoms with Crippen LogP contribution in [0.4, 0.5) is 0 Å². The molecule has 4 nitrogen and oxygen atoms in total. The van der Waals surface area contributed by atoms with E-state index < -0.39 is 11.9 Å². The number of benzene rings is 1. The van der Waals surface area contributed by atoms with Gasteiger partial charge in [-0.2, -0.15) is 0 Å². The second kappa shape index (κ2) is 5.71. The van der Waals surface area contributed by atoms with Crippen molar-refractivity contribution >= 4 is 11.9 Å². The third-order valence-corrected chi connectivity index (χ3v) is 2.43. The highest BCUT2D eigenvalue weighted by atomic mass is 16.4. The first-order valence-electron chi connectivity index (χ1n) is 5.09. The smallest absolute Gasteiger partial charge is 0.335 e. The molecule has 0 saturated heterocycles. The van der Waals surface area contributed by atoms with Gasteiger partial charge >= 0.3 is 5.97 Å². The molecule has 0 bridgehead atoms. The Hall–Kier alpha value is -2.28. The SMILES string of the molecule is C#CC(=O)N(C)CCc1ccccc1C(=O)O. The Labute approximate surface area is 99.9 Å². The molecular formula is C13H13NO3. The number of aromatic carboxylic acids is 1. The Balaban J connectivity index is 2.73. The number of hydrogen-bond acceptors (Lipinski definition) is 2. The lowest BCUT2D eigenvalue weighted by Crippen LogP contribution is -2.27. The molecule has 0 fully saturated rings. The number of hydrogen-bond donors (Lipinski definition) is 1. The van der Waals surface area contributed by atoms with E-state index in [0.717, 1.165) is 0 Å². The van der Waals surface area contributed by atoms with Gasteiger partial charge in [-0.15, -0.1) is 6.42 Å². The normalized spacial score (nSPS) is 9.41. The van der Waals surface area contributed by atoms with E-state index in [2.05, 4.69) is 0 Å². The zero-order chi connectivity index (χ0) is 12.8. The molecule has 1 rings (SSSR count). The van der Waals surface area contributed by atoms with Crippen molar-refractivity contribution in [2.45, 2.75) is 6.42 Å². The maximum absolute atomic E-state index is 11.1. The zero-order valence-corrected chi connectivity index (χ0v) is 9.51. The van der Waals surface area contributed by atoms with Crippen LogP contribution in [0.1, 0.15) is 15.9 Å². The van der Waals surface area contributed by atoms with E-state index in [1.165, 1.54) is 4.90 Å². The van der Waals surface area contributed by atoms with Crippen LogP contribution in [0, 0.1) is 12.3 Å². The molecule has 0 atom stereocenters. The first kappa shape index (κ1) is 12.8. The second-order valence-corrected chi connectivity index (χ2v) is 3.58. The number of terminal acetylenes is 1. The fraction of sp³-hybridized carbons (Fsp3) is 0.231. The molecule has 1 aromatic carbocycles. The number of amides is 1. The number of nitrogens with zero attached hydrogens (tertiary/aromatic N) is 1. The summed E-state index contributed by atoms with van der Waals surface area (Å²) in [5.74, 6) is 0.638. The molecule has 0 radical (unpaired) electrons. The van der Waals surface area contributed by atoms with Crippen molar-refractivity contribution in [3.63, 3.8) is 0 Å². The number of carbonyl (C=O) groups excluding carboxylic acids is 1. The van der Waals surface area contributed by atoms with Gasteiger partial charge in [0.1, 0.15) is 0 Å². The van der Waals surface area contributed by atoms with Crippen LogP contribution < -0.4 is 0 Å². The monoisotopic (exact) mass is 231 g/mol. The number of carboxylic acids is 1. The fourth-order valence-corrected chi connectivity index (χ4v) is 1.45. The van der Waals surface area contributed by atoms with E-state index in [-0.39, 0.29) is 5.56 Å². The van der Waals surface area contributed by atoms with Gasteiger partial charge in [0, 0.05) is 13.6 Å². The third-order valence-electron chi connectivity index (χ3n) is 2.43. The molecule has 4 heteroatoms. The quantitative estimate of drug-likeness (QED) is 0.787. The highest BCUT2D eigenvalue weighted by Crippen LogP contribution is 2.09. The topological polar surface area (TPSA) is 57.6 Å². The first-order chi connectivity index (χ1) is 8.06. The maximum Gasteiger partial charge on any atom is 0.335 e. The number of carboxylic acid groups (broad SMARTS) is 1. The first-order valence-corrected chi connectivity index (χ1v) is 5.09. The number of carbonyl (C=O) groups is 2. The molecule has 0 saturated carbocycles. The van der Waals surface area contributed by atoms with Gasteiger partial charge < -0.3 is 10.0 Å². The summed E-state index contributed by atoms with van der Waals surface area (Å²) in [7, 11) is 1.59. The van der Waals surface area contributed by atoms with Crippen molar-refractivity contribution in [3.05, 3.63) is 35.4 Å². The minimum absolute atomic E-state index is 0.258. The molecule has 0 spiro atoms. The van der Waals surface area contributed by atoms with Gasteiger partial charge in [0.15, 0.2) is 0 Å². The lowest BCUT2D eigenvalue weighted by molar-refractivity contribution is -0.123.